The van der Waals surface area contributed by atoms with Crippen LogP contribution in [0.2, 0.25) is 0 Å². The Balaban J connectivity index is 1.95. The average molecular weight is 313 g/mol. The minimum absolute atomic E-state index is 0.0236. The summed E-state index contributed by atoms with van der Waals surface area (Å²) in [7, 11) is 1.52. The van der Waals surface area contributed by atoms with E-state index in [1.54, 1.807) is 12.1 Å². The third kappa shape index (κ3) is 4.99. The molecule has 2 rings (SSSR count). The zero-order chi connectivity index (χ0) is 16.7. The van der Waals surface area contributed by atoms with Crippen molar-refractivity contribution in [2.75, 3.05) is 7.11 Å². The van der Waals surface area contributed by atoms with Gasteiger partial charge in [0.1, 0.15) is 12.5 Å². The molecule has 122 valence electrons. The van der Waals surface area contributed by atoms with E-state index < -0.39 is 12.5 Å². The second-order valence-corrected chi connectivity index (χ2v) is 5.53. The average Bonchev–Trinajstić information content (AvgIpc) is 2.61. The number of ketones is 1. The first kappa shape index (κ1) is 17.3. The second kappa shape index (κ2) is 8.58. The lowest BCUT2D eigenvalue weighted by Gasteiger charge is -2.25. The number of methoxy groups -OCH3 is 1. The fraction of sp³-hybridized carbons (Fsp3) is 0.316. The molecular weight excluding hydrogens is 290 g/mol. The highest BCUT2D eigenvalue weighted by Gasteiger charge is 2.22. The van der Waals surface area contributed by atoms with Crippen LogP contribution in [0.4, 0.5) is 0 Å². The van der Waals surface area contributed by atoms with Crippen LogP contribution in [0.15, 0.2) is 60.7 Å². The molecule has 4 nitrogen and oxygen atoms in total. The van der Waals surface area contributed by atoms with Gasteiger partial charge < -0.3 is 9.84 Å². The van der Waals surface area contributed by atoms with E-state index in [1.807, 2.05) is 55.5 Å². The molecule has 0 bridgehead atoms. The van der Waals surface area contributed by atoms with Crippen LogP contribution in [-0.2, 0) is 4.74 Å². The lowest BCUT2D eigenvalue weighted by Crippen LogP contribution is -2.43. The first-order valence-corrected chi connectivity index (χ1v) is 7.72. The fourth-order valence-electron chi connectivity index (χ4n) is 2.39. The zero-order valence-corrected chi connectivity index (χ0v) is 13.5. The number of carbonyl (C=O) groups is 1. The molecule has 0 aromatic heterocycles. The number of ether oxygens (including phenoxy) is 1. The minimum atomic E-state index is -0.800. The van der Waals surface area contributed by atoms with Gasteiger partial charge in [-0.15, -0.1) is 0 Å². The van der Waals surface area contributed by atoms with Crippen LogP contribution in [0.3, 0.4) is 0 Å². The Morgan fingerprint density at radius 3 is 2.22 bits per heavy atom. The molecule has 0 saturated heterocycles. The van der Waals surface area contributed by atoms with Crippen molar-refractivity contribution in [1.29, 1.82) is 0 Å². The molecule has 0 fully saturated rings. The van der Waals surface area contributed by atoms with Gasteiger partial charge in [0, 0.05) is 18.6 Å². The van der Waals surface area contributed by atoms with E-state index >= 15 is 0 Å². The fourth-order valence-corrected chi connectivity index (χ4v) is 2.39. The van der Waals surface area contributed by atoms with Crippen molar-refractivity contribution in [1.82, 2.24) is 5.32 Å². The van der Waals surface area contributed by atoms with Crippen molar-refractivity contribution in [2.45, 2.75) is 31.7 Å². The van der Waals surface area contributed by atoms with Crippen LogP contribution < -0.4 is 5.32 Å². The van der Waals surface area contributed by atoms with Crippen LogP contribution in [0.1, 0.15) is 35.2 Å². The summed E-state index contributed by atoms with van der Waals surface area (Å²) in [4.78, 5) is 12.2. The summed E-state index contributed by atoms with van der Waals surface area (Å²) in [5, 5.41) is 13.3. The monoisotopic (exact) mass is 313 g/mol. The van der Waals surface area contributed by atoms with E-state index in [2.05, 4.69) is 5.32 Å². The summed E-state index contributed by atoms with van der Waals surface area (Å²) < 4.78 is 5.31. The van der Waals surface area contributed by atoms with Gasteiger partial charge in [0.25, 0.3) is 0 Å². The predicted octanol–water partition coefficient (Wildman–Crippen LogP) is 2.94. The van der Waals surface area contributed by atoms with Crippen LogP contribution in [0.25, 0.3) is 0 Å². The number of aliphatic hydroxyl groups is 1. The van der Waals surface area contributed by atoms with Crippen molar-refractivity contribution in [3.05, 3.63) is 71.8 Å². The van der Waals surface area contributed by atoms with Crippen molar-refractivity contribution in [3.8, 4) is 0 Å². The Labute approximate surface area is 137 Å². The third-order valence-electron chi connectivity index (χ3n) is 3.91. The van der Waals surface area contributed by atoms with Gasteiger partial charge in [-0.3, -0.25) is 10.1 Å². The first-order valence-electron chi connectivity index (χ1n) is 7.72. The molecule has 0 amide bonds. The summed E-state index contributed by atoms with van der Waals surface area (Å²) >= 11 is 0. The number of hydrogen-bond donors (Lipinski definition) is 2. The summed E-state index contributed by atoms with van der Waals surface area (Å²) in [5.41, 5.74) is 1.67. The maximum absolute atomic E-state index is 12.2. The molecule has 3 unspecified atom stereocenters. The molecule has 2 aromatic carbocycles. The Kier molecular flexibility index (Phi) is 6.47. The van der Waals surface area contributed by atoms with Crippen molar-refractivity contribution < 1.29 is 14.6 Å². The molecule has 0 aliphatic heterocycles. The summed E-state index contributed by atoms with van der Waals surface area (Å²) in [6.45, 7) is 1.93. The van der Waals surface area contributed by atoms with Gasteiger partial charge in [-0.2, -0.15) is 0 Å². The van der Waals surface area contributed by atoms with Gasteiger partial charge in [0.2, 0.25) is 0 Å². The standard InChI is InChI=1S/C19H23NO3/c1-14(15-9-5-3-6-10-15)19(22)20-18(23-2)13-17(21)16-11-7-4-8-12-16/h3-12,14,18-20,22H,13H2,1-2H3. The molecule has 2 aromatic rings. The van der Waals surface area contributed by atoms with Gasteiger partial charge in [0.15, 0.2) is 5.78 Å². The maximum atomic E-state index is 12.2. The Morgan fingerprint density at radius 2 is 1.65 bits per heavy atom. The van der Waals surface area contributed by atoms with Crippen LogP contribution in [-0.4, -0.2) is 30.5 Å². The largest absolute Gasteiger partial charge is 0.378 e. The lowest BCUT2D eigenvalue weighted by atomic mass is 9.99. The van der Waals surface area contributed by atoms with E-state index in [4.69, 9.17) is 4.74 Å². The zero-order valence-electron chi connectivity index (χ0n) is 13.5. The maximum Gasteiger partial charge on any atom is 0.166 e. The number of nitrogens with one attached hydrogen (secondary N) is 1. The SMILES string of the molecule is COC(CC(=O)c1ccccc1)NC(O)C(C)c1ccccc1. The molecule has 23 heavy (non-hydrogen) atoms. The normalized spacial score (nSPS) is 14.9. The quantitative estimate of drug-likeness (QED) is 0.581. The third-order valence-corrected chi connectivity index (χ3v) is 3.91. The summed E-state index contributed by atoms with van der Waals surface area (Å²) in [6.07, 6.45) is -1.17. The van der Waals surface area contributed by atoms with Gasteiger partial charge in [-0.1, -0.05) is 67.6 Å². The van der Waals surface area contributed by atoms with Crippen molar-refractivity contribution >= 4 is 5.78 Å². The van der Waals surface area contributed by atoms with Crippen LogP contribution >= 0.6 is 0 Å². The highest BCUT2D eigenvalue weighted by Crippen LogP contribution is 2.18. The Morgan fingerprint density at radius 1 is 1.09 bits per heavy atom. The number of carbonyl (C=O) groups excluding carboxylic acids is 1. The first-order chi connectivity index (χ1) is 11.1. The van der Waals surface area contributed by atoms with Crippen LogP contribution in [0, 0.1) is 0 Å². The van der Waals surface area contributed by atoms with E-state index in [-0.39, 0.29) is 18.1 Å². The van der Waals surface area contributed by atoms with E-state index in [0.29, 0.717) is 5.56 Å². The smallest absolute Gasteiger partial charge is 0.166 e. The van der Waals surface area contributed by atoms with Gasteiger partial charge in [0.05, 0.1) is 6.42 Å². The van der Waals surface area contributed by atoms with E-state index in [9.17, 15) is 9.90 Å². The highest BCUT2D eigenvalue weighted by atomic mass is 16.5. The van der Waals surface area contributed by atoms with Crippen molar-refractivity contribution in [3.63, 3.8) is 0 Å². The number of benzene rings is 2. The Hall–Kier alpha value is -2.01. The number of aliphatic hydroxyl groups excluding tert-OH is 1. The predicted molar refractivity (Wildman–Crippen MR) is 90.2 cm³/mol. The summed E-state index contributed by atoms with van der Waals surface area (Å²) in [5.74, 6) is -0.134. The molecular formula is C19H23NO3. The van der Waals surface area contributed by atoms with Crippen molar-refractivity contribution in [2.24, 2.45) is 0 Å². The summed E-state index contributed by atoms with van der Waals surface area (Å²) in [6, 6.07) is 18.8. The van der Waals surface area contributed by atoms with E-state index in [1.165, 1.54) is 7.11 Å². The topological polar surface area (TPSA) is 58.6 Å². The minimum Gasteiger partial charge on any atom is -0.378 e. The molecule has 0 spiro atoms. The van der Waals surface area contributed by atoms with E-state index in [0.717, 1.165) is 5.56 Å². The molecule has 4 heteroatoms. The molecule has 0 aliphatic carbocycles. The van der Waals surface area contributed by atoms with Gasteiger partial charge in [-0.25, -0.2) is 0 Å². The lowest BCUT2D eigenvalue weighted by molar-refractivity contribution is 0.00120. The molecule has 3 atom stereocenters. The molecule has 2 N–H and O–H groups in total. The Bertz CT molecular complexity index is 601. The second-order valence-electron chi connectivity index (χ2n) is 5.53. The number of Topliss-reactive ketones (excluding diaryl/α,β-unsaturated/α-hetero) is 1. The highest BCUT2D eigenvalue weighted by molar-refractivity contribution is 5.96. The van der Waals surface area contributed by atoms with Gasteiger partial charge in [-0.05, 0) is 5.56 Å². The molecule has 0 heterocycles. The van der Waals surface area contributed by atoms with Gasteiger partial charge >= 0.3 is 0 Å². The number of rotatable bonds is 8. The molecule has 0 radical (unpaired) electrons. The molecule has 0 saturated carbocycles. The van der Waals surface area contributed by atoms with Crippen LogP contribution in [0.5, 0.6) is 0 Å². The molecule has 0 aliphatic rings. The number of hydrogen-bond acceptors (Lipinski definition) is 4.